The van der Waals surface area contributed by atoms with Crippen molar-refractivity contribution in [1.29, 1.82) is 0 Å². The second-order valence-corrected chi connectivity index (χ2v) is 4.57. The van der Waals surface area contributed by atoms with Gasteiger partial charge in [0.15, 0.2) is 0 Å². The van der Waals surface area contributed by atoms with Crippen molar-refractivity contribution in [2.75, 3.05) is 0 Å². The van der Waals surface area contributed by atoms with Gasteiger partial charge in [0.2, 0.25) is 0 Å². The Balaban J connectivity index is 0.000000204. The van der Waals surface area contributed by atoms with Crippen LogP contribution < -0.4 is 0 Å². The molecule has 20 heavy (non-hydrogen) atoms. The Kier molecular flexibility index (Phi) is 6.72. The van der Waals surface area contributed by atoms with Gasteiger partial charge in [0.05, 0.1) is 10.2 Å². The predicted octanol–water partition coefficient (Wildman–Crippen LogP) is 2.94. The molecule has 2 rings (SSSR count). The van der Waals surface area contributed by atoms with E-state index in [4.69, 9.17) is 5.11 Å². The summed E-state index contributed by atoms with van der Waals surface area (Å²) >= 11 is 2.20. The predicted molar refractivity (Wildman–Crippen MR) is 79.3 cm³/mol. The molecule has 0 aliphatic rings. The molecule has 0 amide bonds. The molecule has 0 saturated carbocycles. The monoisotopic (exact) mass is 282 g/mol. The maximum atomic E-state index is 11.0. The molecule has 2 radical (unpaired) electrons. The van der Waals surface area contributed by atoms with Crippen LogP contribution in [0.25, 0.3) is 0 Å². The highest BCUT2D eigenvalue weighted by Gasteiger charge is 2.01. The number of carbonyl (C=O) groups excluding carboxylic acids is 1. The first kappa shape index (κ1) is 16.2. The van der Waals surface area contributed by atoms with E-state index in [1.54, 1.807) is 30.3 Å². The van der Waals surface area contributed by atoms with E-state index >= 15 is 0 Å². The zero-order valence-corrected chi connectivity index (χ0v) is 12.4. The summed E-state index contributed by atoms with van der Waals surface area (Å²) in [6.45, 7) is 2.05. The first-order valence-corrected chi connectivity index (χ1v) is 6.80. The summed E-state index contributed by atoms with van der Waals surface area (Å²) < 4.78 is 0.0717. The van der Waals surface area contributed by atoms with Crippen LogP contribution in [0.2, 0.25) is 0 Å². The number of carboxylic acid groups (broad SMARTS) is 1. The largest absolute Gasteiger partial charge is 0.478 e. The highest BCUT2D eigenvalue weighted by atomic mass is 27.0. The van der Waals surface area contributed by atoms with Gasteiger partial charge in [0.25, 0.3) is 16.3 Å². The zero-order valence-electron chi connectivity index (χ0n) is 11.2. The number of aromatic carboxylic acids is 1. The van der Waals surface area contributed by atoms with Gasteiger partial charge < -0.3 is 9.90 Å². The van der Waals surface area contributed by atoms with Gasteiger partial charge in [-0.25, -0.2) is 4.79 Å². The molecule has 0 fully saturated rings. The van der Waals surface area contributed by atoms with E-state index in [2.05, 4.69) is 16.3 Å². The van der Waals surface area contributed by atoms with E-state index in [0.29, 0.717) is 5.56 Å². The first-order valence-electron chi connectivity index (χ1n) is 6.22. The minimum absolute atomic E-state index is 0.0717. The Hall–Kier alpha value is -1.89. The Morgan fingerprint density at radius 2 is 1.55 bits per heavy atom. The number of hydrogen-bond donors (Lipinski definition) is 1. The number of hydrogen-bond acceptors (Lipinski definition) is 2. The summed E-state index contributed by atoms with van der Waals surface area (Å²) in [6.07, 6.45) is 0.913. The highest BCUT2D eigenvalue weighted by Crippen LogP contribution is 2.08. The van der Waals surface area contributed by atoms with E-state index in [1.807, 2.05) is 31.2 Å². The molecule has 0 heterocycles. The minimum Gasteiger partial charge on any atom is -0.478 e. The van der Waals surface area contributed by atoms with Gasteiger partial charge in [-0.1, -0.05) is 49.4 Å². The maximum absolute atomic E-state index is 11.0. The van der Waals surface area contributed by atoms with E-state index in [0.717, 1.165) is 17.5 Å². The minimum atomic E-state index is -0.879. The highest BCUT2D eigenvalue weighted by molar-refractivity contribution is 6.62. The van der Waals surface area contributed by atoms with E-state index in [1.165, 1.54) is 0 Å². The fraction of sp³-hybridized carbons (Fsp3) is 0.125. The van der Waals surface area contributed by atoms with Crippen LogP contribution in [-0.4, -0.2) is 32.0 Å². The number of aryl methyl sites for hydroxylation is 1. The van der Waals surface area contributed by atoms with Crippen molar-refractivity contribution in [1.82, 2.24) is 0 Å². The molecule has 100 valence electrons. The third-order valence-corrected chi connectivity index (χ3v) is 3.00. The van der Waals surface area contributed by atoms with Crippen molar-refractivity contribution in [2.45, 2.75) is 13.3 Å². The van der Waals surface area contributed by atoms with Crippen LogP contribution in [0.1, 0.15) is 33.2 Å². The third-order valence-electron chi connectivity index (χ3n) is 2.68. The molecule has 0 atom stereocenters. The van der Waals surface area contributed by atoms with Crippen LogP contribution in [0.5, 0.6) is 0 Å². The molecular formula is C16H15AlO3. The van der Waals surface area contributed by atoms with Gasteiger partial charge in [-0.15, -0.1) is 0 Å². The van der Waals surface area contributed by atoms with Gasteiger partial charge in [-0.05, 0) is 29.7 Å². The van der Waals surface area contributed by atoms with Gasteiger partial charge in [0.1, 0.15) is 0 Å². The van der Waals surface area contributed by atoms with Crippen LogP contribution in [0.15, 0.2) is 54.6 Å². The van der Waals surface area contributed by atoms with Gasteiger partial charge >= 0.3 is 5.97 Å². The molecule has 0 bridgehead atoms. The molecule has 0 saturated heterocycles. The average Bonchev–Trinajstić information content (AvgIpc) is 2.48. The molecule has 0 aromatic heterocycles. The number of rotatable bonds is 3. The summed E-state index contributed by atoms with van der Waals surface area (Å²) in [5.41, 5.74) is 2.27. The zero-order chi connectivity index (χ0) is 15.0. The summed E-state index contributed by atoms with van der Waals surface area (Å²) in [5.74, 6) is -0.879. The van der Waals surface area contributed by atoms with E-state index in [9.17, 15) is 9.59 Å². The fourth-order valence-electron chi connectivity index (χ4n) is 1.65. The topological polar surface area (TPSA) is 54.4 Å². The Morgan fingerprint density at radius 3 is 1.95 bits per heavy atom. The molecule has 0 spiro atoms. The smallest absolute Gasteiger partial charge is 0.335 e. The average molecular weight is 282 g/mol. The van der Waals surface area contributed by atoms with Crippen molar-refractivity contribution in [3.05, 3.63) is 71.3 Å². The van der Waals surface area contributed by atoms with Crippen molar-refractivity contribution >= 4 is 26.9 Å². The summed E-state index contributed by atoms with van der Waals surface area (Å²) in [5, 5.41) is 8.38. The van der Waals surface area contributed by atoms with Crippen molar-refractivity contribution in [3.8, 4) is 0 Å². The summed E-state index contributed by atoms with van der Waals surface area (Å²) in [6, 6.07) is 16.0. The fourth-order valence-corrected chi connectivity index (χ4v) is 1.93. The van der Waals surface area contributed by atoms with Crippen LogP contribution in [0.4, 0.5) is 0 Å². The molecular weight excluding hydrogens is 267 g/mol. The van der Waals surface area contributed by atoms with Crippen LogP contribution in [-0.2, 0) is 6.42 Å². The Bertz CT molecular complexity index is 579. The van der Waals surface area contributed by atoms with E-state index in [-0.39, 0.29) is 4.65 Å². The lowest BCUT2D eigenvalue weighted by Gasteiger charge is -2.02. The molecule has 1 N–H and O–H groups in total. The summed E-state index contributed by atoms with van der Waals surface area (Å²) in [4.78, 5) is 21.2. The second kappa shape index (κ2) is 8.32. The Morgan fingerprint density at radius 1 is 1.00 bits per heavy atom. The standard InChI is InChI=1S/C9H9O.C7H6O2.Al/c1-2-8-5-3-4-6-9(8)7-10;8-7(9)6-4-2-1-3-5-6;/h3-6H,2H2,1H3;1-5H,(H,8,9);. The molecule has 0 unspecified atom stereocenters. The molecule has 0 aliphatic carbocycles. The second-order valence-electron chi connectivity index (χ2n) is 4.05. The number of benzene rings is 2. The van der Waals surface area contributed by atoms with Crippen molar-refractivity contribution < 1.29 is 14.7 Å². The Labute approximate surface area is 126 Å². The first-order chi connectivity index (χ1) is 9.56. The normalized spacial score (nSPS) is 9.25. The molecule has 4 heteroatoms. The lowest BCUT2D eigenvalue weighted by atomic mass is 10.1. The van der Waals surface area contributed by atoms with Crippen LogP contribution in [0, 0.1) is 0 Å². The maximum Gasteiger partial charge on any atom is 0.335 e. The quantitative estimate of drug-likeness (QED) is 0.881. The molecule has 2 aromatic carbocycles. The van der Waals surface area contributed by atoms with Gasteiger partial charge in [-0.2, -0.15) is 0 Å². The van der Waals surface area contributed by atoms with Crippen molar-refractivity contribution in [3.63, 3.8) is 0 Å². The SMILES string of the molecule is CCc1ccccc1[C](=O)[Al].O=C(O)c1ccccc1. The lowest BCUT2D eigenvalue weighted by molar-refractivity contribution is 0.0696. The van der Waals surface area contributed by atoms with Crippen molar-refractivity contribution in [2.24, 2.45) is 0 Å². The molecule has 2 aromatic rings. The third kappa shape index (κ3) is 5.01. The van der Waals surface area contributed by atoms with Gasteiger partial charge in [-0.3, -0.25) is 0 Å². The van der Waals surface area contributed by atoms with Crippen LogP contribution >= 0.6 is 0 Å². The number of carboxylic acids is 1. The summed E-state index contributed by atoms with van der Waals surface area (Å²) in [7, 11) is 0. The molecule has 3 nitrogen and oxygen atoms in total. The number of carbonyl (C=O) groups is 2. The molecule has 0 aliphatic heterocycles. The lowest BCUT2D eigenvalue weighted by Crippen LogP contribution is -2.01. The van der Waals surface area contributed by atoms with E-state index < -0.39 is 5.97 Å². The van der Waals surface area contributed by atoms with Crippen LogP contribution in [0.3, 0.4) is 0 Å². The van der Waals surface area contributed by atoms with Gasteiger partial charge in [0, 0.05) is 0 Å².